The van der Waals surface area contributed by atoms with E-state index in [-0.39, 0.29) is 0 Å². The van der Waals surface area contributed by atoms with E-state index in [4.69, 9.17) is 5.41 Å². The highest BCUT2D eigenvalue weighted by atomic mass is 15.2. The molecule has 122 valence electrons. The zero-order valence-electron chi connectivity index (χ0n) is 13.5. The van der Waals surface area contributed by atoms with Crippen LogP contribution in [0, 0.1) is 5.41 Å². The fourth-order valence-corrected chi connectivity index (χ4v) is 2.66. The number of rotatable bonds is 4. The maximum Gasteiger partial charge on any atom is 0.212 e. The lowest BCUT2D eigenvalue weighted by Gasteiger charge is -2.10. The molecule has 4 aromatic rings. The van der Waals surface area contributed by atoms with Gasteiger partial charge in [-0.25, -0.2) is 4.98 Å². The molecule has 0 radical (unpaired) electrons. The molecule has 0 amide bonds. The van der Waals surface area contributed by atoms with Crippen molar-refractivity contribution in [2.45, 2.75) is 0 Å². The van der Waals surface area contributed by atoms with Crippen molar-refractivity contribution in [2.24, 2.45) is 0 Å². The summed E-state index contributed by atoms with van der Waals surface area (Å²) in [6.07, 6.45) is 3.80. The number of hydrogen-bond donors (Lipinski definition) is 3. The molecule has 0 saturated heterocycles. The molecule has 3 N–H and O–H groups in total. The highest BCUT2D eigenvalue weighted by molar-refractivity contribution is 6.06. The monoisotopic (exact) mass is 327 g/mol. The van der Waals surface area contributed by atoms with Crippen LogP contribution in [-0.2, 0) is 0 Å². The zero-order chi connectivity index (χ0) is 17.1. The van der Waals surface area contributed by atoms with Gasteiger partial charge in [0.15, 0.2) is 0 Å². The largest absolute Gasteiger partial charge is 0.340 e. The van der Waals surface area contributed by atoms with Crippen molar-refractivity contribution < 1.29 is 0 Å². The van der Waals surface area contributed by atoms with Gasteiger partial charge >= 0.3 is 0 Å². The summed E-state index contributed by atoms with van der Waals surface area (Å²) in [5, 5.41) is 14.6. The predicted octanol–water partition coefficient (Wildman–Crippen LogP) is 4.52. The summed E-state index contributed by atoms with van der Waals surface area (Å²) >= 11 is 0. The number of nitrogens with zero attached hydrogens (tertiary/aromatic N) is 2. The molecule has 2 aromatic heterocycles. The van der Waals surface area contributed by atoms with Gasteiger partial charge < -0.3 is 10.6 Å². The topological polar surface area (TPSA) is 65.2 Å². The fourth-order valence-electron chi connectivity index (χ4n) is 2.66. The van der Waals surface area contributed by atoms with Crippen LogP contribution >= 0.6 is 0 Å². The molecule has 0 aliphatic carbocycles. The molecule has 0 unspecified atom stereocenters. The van der Waals surface area contributed by atoms with Gasteiger partial charge in [0.05, 0.1) is 11.7 Å². The molecular weight excluding hydrogens is 310 g/mol. The first kappa shape index (κ1) is 15.0. The van der Waals surface area contributed by atoms with Crippen LogP contribution in [0.15, 0.2) is 85.2 Å². The zero-order valence-corrected chi connectivity index (χ0v) is 13.5. The van der Waals surface area contributed by atoms with Crippen molar-refractivity contribution in [2.75, 3.05) is 10.6 Å². The molecule has 0 spiro atoms. The Hall–Kier alpha value is -3.60. The van der Waals surface area contributed by atoms with Crippen LogP contribution in [0.1, 0.15) is 5.56 Å². The van der Waals surface area contributed by atoms with Crippen LogP contribution < -0.4 is 10.6 Å². The fraction of sp³-hybridized carbons (Fsp3) is 0. The van der Waals surface area contributed by atoms with E-state index < -0.39 is 0 Å². The Labute approximate surface area is 145 Å². The Bertz CT molecular complexity index is 1020. The van der Waals surface area contributed by atoms with E-state index in [9.17, 15) is 0 Å². The van der Waals surface area contributed by atoms with Crippen LogP contribution in [-0.4, -0.2) is 15.2 Å². The number of fused-ring (bicyclic) bond motifs is 1. The van der Waals surface area contributed by atoms with Crippen LogP contribution in [0.5, 0.6) is 0 Å². The number of nitrogens with one attached hydrogen (secondary N) is 3. The summed E-state index contributed by atoms with van der Waals surface area (Å²) in [7, 11) is 0. The highest BCUT2D eigenvalue weighted by Gasteiger charge is 2.05. The lowest BCUT2D eigenvalue weighted by Crippen LogP contribution is -2.11. The third-order valence-electron chi connectivity index (χ3n) is 3.89. The number of pyridine rings is 1. The molecule has 0 saturated carbocycles. The van der Waals surface area contributed by atoms with Gasteiger partial charge in [-0.15, -0.1) is 0 Å². The average Bonchev–Trinajstić information content (AvgIpc) is 3.06. The molecule has 5 nitrogen and oxygen atoms in total. The molecule has 0 aliphatic rings. The Morgan fingerprint density at radius 2 is 1.68 bits per heavy atom. The molecule has 25 heavy (non-hydrogen) atoms. The first-order valence-electron chi connectivity index (χ1n) is 8.00. The summed E-state index contributed by atoms with van der Waals surface area (Å²) in [5.41, 5.74) is 3.63. The number of hydrogen-bond acceptors (Lipinski definition) is 3. The van der Waals surface area contributed by atoms with Gasteiger partial charge in [0.1, 0.15) is 5.84 Å². The Morgan fingerprint density at radius 3 is 2.56 bits per heavy atom. The molecule has 0 fully saturated rings. The van der Waals surface area contributed by atoms with E-state index in [0.29, 0.717) is 5.84 Å². The standard InChI is InChI=1S/C20H17N5/c21-19(15-7-2-1-3-8-15)23-16-9-6-10-17(13-16)24-20-22-14-18-11-4-5-12-25(18)20/h1-14H,(H2,21,23)(H,22,24). The third-order valence-corrected chi connectivity index (χ3v) is 3.89. The Morgan fingerprint density at radius 1 is 0.880 bits per heavy atom. The van der Waals surface area contributed by atoms with E-state index in [1.807, 2.05) is 89.6 Å². The highest BCUT2D eigenvalue weighted by Crippen LogP contribution is 2.21. The quantitative estimate of drug-likeness (QED) is 0.381. The molecule has 0 bridgehead atoms. The summed E-state index contributed by atoms with van der Waals surface area (Å²) in [5.74, 6) is 1.12. The first-order chi connectivity index (χ1) is 12.3. The number of imidazole rings is 1. The summed E-state index contributed by atoms with van der Waals surface area (Å²) in [6, 6.07) is 23.4. The van der Waals surface area contributed by atoms with Gasteiger partial charge in [-0.2, -0.15) is 0 Å². The normalized spacial score (nSPS) is 10.6. The number of amidine groups is 1. The number of benzene rings is 2. The van der Waals surface area contributed by atoms with E-state index >= 15 is 0 Å². The molecule has 2 aromatic carbocycles. The van der Waals surface area contributed by atoms with E-state index in [1.165, 1.54) is 0 Å². The van der Waals surface area contributed by atoms with Crippen molar-refractivity contribution in [3.63, 3.8) is 0 Å². The number of aromatic nitrogens is 2. The average molecular weight is 327 g/mol. The van der Waals surface area contributed by atoms with Gasteiger partial charge in [-0.1, -0.05) is 42.5 Å². The molecular formula is C20H17N5. The second-order valence-electron chi connectivity index (χ2n) is 5.65. The van der Waals surface area contributed by atoms with Crippen molar-refractivity contribution in [1.82, 2.24) is 9.38 Å². The minimum absolute atomic E-state index is 0.365. The van der Waals surface area contributed by atoms with Crippen LogP contribution in [0.3, 0.4) is 0 Å². The molecule has 0 aliphatic heterocycles. The van der Waals surface area contributed by atoms with Crippen molar-refractivity contribution >= 4 is 28.7 Å². The summed E-state index contributed by atoms with van der Waals surface area (Å²) in [6.45, 7) is 0. The smallest absolute Gasteiger partial charge is 0.212 e. The molecule has 2 heterocycles. The second kappa shape index (κ2) is 6.49. The SMILES string of the molecule is N=C(Nc1cccc(Nc2ncc3ccccn23)c1)c1ccccc1. The van der Waals surface area contributed by atoms with Gasteiger partial charge in [-0.05, 0) is 30.3 Å². The second-order valence-corrected chi connectivity index (χ2v) is 5.65. The van der Waals surface area contributed by atoms with E-state index in [2.05, 4.69) is 15.6 Å². The van der Waals surface area contributed by atoms with Crippen LogP contribution in [0.2, 0.25) is 0 Å². The molecule has 0 atom stereocenters. The third kappa shape index (κ3) is 3.21. The minimum Gasteiger partial charge on any atom is -0.340 e. The first-order valence-corrected chi connectivity index (χ1v) is 8.00. The van der Waals surface area contributed by atoms with Crippen molar-refractivity contribution in [1.29, 1.82) is 5.41 Å². The van der Waals surface area contributed by atoms with Crippen LogP contribution in [0.25, 0.3) is 5.52 Å². The summed E-state index contributed by atoms with van der Waals surface area (Å²) < 4.78 is 1.99. The maximum absolute atomic E-state index is 8.19. The maximum atomic E-state index is 8.19. The Balaban J connectivity index is 1.54. The lowest BCUT2D eigenvalue weighted by molar-refractivity contribution is 1.15. The van der Waals surface area contributed by atoms with Gasteiger partial charge in [0.2, 0.25) is 5.95 Å². The van der Waals surface area contributed by atoms with Gasteiger partial charge in [-0.3, -0.25) is 9.81 Å². The van der Waals surface area contributed by atoms with E-state index in [1.54, 1.807) is 0 Å². The molecule has 5 heteroatoms. The van der Waals surface area contributed by atoms with E-state index in [0.717, 1.165) is 28.4 Å². The van der Waals surface area contributed by atoms with Crippen LogP contribution in [0.4, 0.5) is 17.3 Å². The Kier molecular flexibility index (Phi) is 3.88. The van der Waals surface area contributed by atoms with Gasteiger partial charge in [0.25, 0.3) is 0 Å². The van der Waals surface area contributed by atoms with Crippen molar-refractivity contribution in [3.8, 4) is 0 Å². The van der Waals surface area contributed by atoms with Crippen molar-refractivity contribution in [3.05, 3.63) is 90.8 Å². The predicted molar refractivity (Wildman–Crippen MR) is 102 cm³/mol. The molecule has 4 rings (SSSR count). The lowest BCUT2D eigenvalue weighted by atomic mass is 10.2. The summed E-state index contributed by atoms with van der Waals surface area (Å²) in [4.78, 5) is 4.42. The number of anilines is 3. The van der Waals surface area contributed by atoms with Gasteiger partial charge in [0, 0.05) is 23.1 Å². The minimum atomic E-state index is 0.365.